The van der Waals surface area contributed by atoms with Crippen LogP contribution in [-0.4, -0.2) is 24.3 Å². The highest BCUT2D eigenvalue weighted by Gasteiger charge is 2.72. The van der Waals surface area contributed by atoms with Crippen molar-refractivity contribution in [3.05, 3.63) is 0 Å². The maximum Gasteiger partial charge on any atom is 0.201 e. The normalized spacial score (nSPS) is 61.8. The lowest BCUT2D eigenvalue weighted by atomic mass is 9.50. The van der Waals surface area contributed by atoms with Crippen molar-refractivity contribution >= 4 is 0 Å². The van der Waals surface area contributed by atoms with E-state index in [-0.39, 0.29) is 11.7 Å². The molecule has 4 saturated heterocycles. The van der Waals surface area contributed by atoms with Crippen molar-refractivity contribution in [3.8, 4) is 0 Å². The van der Waals surface area contributed by atoms with Gasteiger partial charge in [0.15, 0.2) is 11.9 Å². The smallest absolute Gasteiger partial charge is 0.201 e. The van der Waals surface area contributed by atoms with E-state index in [2.05, 4.69) is 20.8 Å². The highest BCUT2D eigenvalue weighted by Crippen LogP contribution is 2.64. The van der Waals surface area contributed by atoms with E-state index >= 15 is 0 Å². The van der Waals surface area contributed by atoms with E-state index in [1.807, 2.05) is 6.92 Å². The van der Waals surface area contributed by atoms with E-state index in [1.165, 1.54) is 6.42 Å². The van der Waals surface area contributed by atoms with Gasteiger partial charge < -0.3 is 9.47 Å². The Morgan fingerprint density at radius 2 is 1.80 bits per heavy atom. The summed E-state index contributed by atoms with van der Waals surface area (Å²) >= 11 is 0. The van der Waals surface area contributed by atoms with Crippen molar-refractivity contribution in [2.24, 2.45) is 23.2 Å². The highest BCUT2D eigenvalue weighted by atomic mass is 17.3. The molecule has 1 saturated carbocycles. The predicted molar refractivity (Wildman–Crippen MR) is 72.5 cm³/mol. The molecule has 0 N–H and O–H groups in total. The molecule has 114 valence electrons. The Morgan fingerprint density at radius 3 is 2.60 bits per heavy atom. The summed E-state index contributed by atoms with van der Waals surface area (Å²) in [7, 11) is 0. The summed E-state index contributed by atoms with van der Waals surface area (Å²) < 4.78 is 12.3. The molecular weight excluding hydrogens is 256 g/mol. The quantitative estimate of drug-likeness (QED) is 0.639. The van der Waals surface area contributed by atoms with Crippen LogP contribution >= 0.6 is 0 Å². The molecule has 2 bridgehead atoms. The molecular formula is C16H26O4. The van der Waals surface area contributed by atoms with Crippen molar-refractivity contribution in [2.45, 2.75) is 71.1 Å². The monoisotopic (exact) mass is 282 g/mol. The zero-order chi connectivity index (χ0) is 14.2. The van der Waals surface area contributed by atoms with Crippen LogP contribution in [0.1, 0.15) is 53.4 Å². The van der Waals surface area contributed by atoms with Crippen LogP contribution in [0.4, 0.5) is 0 Å². The van der Waals surface area contributed by atoms with E-state index in [0.29, 0.717) is 17.8 Å². The SMILES string of the molecule is CC1CCC2(C)C(C)COC3OC4(C)CCC1C32OO4. The first kappa shape index (κ1) is 13.5. The van der Waals surface area contributed by atoms with Crippen molar-refractivity contribution in [1.29, 1.82) is 0 Å². The van der Waals surface area contributed by atoms with Gasteiger partial charge in [0.2, 0.25) is 5.79 Å². The zero-order valence-electron chi connectivity index (χ0n) is 13.0. The number of fused-ring (bicyclic) bond motifs is 2. The van der Waals surface area contributed by atoms with Crippen LogP contribution in [0.5, 0.6) is 0 Å². The Morgan fingerprint density at radius 1 is 1.00 bits per heavy atom. The van der Waals surface area contributed by atoms with Crippen molar-refractivity contribution in [1.82, 2.24) is 0 Å². The standard InChI is InChI=1S/C16H26O4/c1-10-5-7-14(3)11(2)9-17-13-16(14)12(10)6-8-15(4,18-13)19-20-16/h10-13H,5-9H2,1-4H3. The molecule has 0 aromatic rings. The van der Waals surface area contributed by atoms with Crippen LogP contribution in [0, 0.1) is 23.2 Å². The second-order valence-electron chi connectivity index (χ2n) is 7.86. The summed E-state index contributed by atoms with van der Waals surface area (Å²) in [4.78, 5) is 11.9. The number of hydrogen-bond donors (Lipinski definition) is 0. The first-order valence-corrected chi connectivity index (χ1v) is 8.08. The molecule has 4 nitrogen and oxygen atoms in total. The van der Waals surface area contributed by atoms with Crippen LogP contribution < -0.4 is 0 Å². The molecule has 5 aliphatic rings. The first-order chi connectivity index (χ1) is 9.41. The van der Waals surface area contributed by atoms with Gasteiger partial charge in [-0.15, -0.1) is 0 Å². The largest absolute Gasteiger partial charge is 0.349 e. The van der Waals surface area contributed by atoms with Gasteiger partial charge in [0.25, 0.3) is 0 Å². The van der Waals surface area contributed by atoms with Gasteiger partial charge >= 0.3 is 0 Å². The molecule has 5 rings (SSSR count). The summed E-state index contributed by atoms with van der Waals surface area (Å²) in [6.07, 6.45) is 4.13. The first-order valence-electron chi connectivity index (χ1n) is 8.08. The van der Waals surface area contributed by atoms with E-state index in [9.17, 15) is 0 Å². The van der Waals surface area contributed by atoms with Gasteiger partial charge in [-0.1, -0.05) is 20.8 Å². The second kappa shape index (κ2) is 3.97. The third-order valence-electron chi connectivity index (χ3n) is 6.81. The summed E-state index contributed by atoms with van der Waals surface area (Å²) in [6.45, 7) is 9.70. The van der Waals surface area contributed by atoms with Crippen LogP contribution in [0.25, 0.3) is 0 Å². The van der Waals surface area contributed by atoms with Crippen LogP contribution in [0.2, 0.25) is 0 Å². The topological polar surface area (TPSA) is 36.9 Å². The summed E-state index contributed by atoms with van der Waals surface area (Å²) in [5.74, 6) is 0.905. The van der Waals surface area contributed by atoms with Crippen LogP contribution in [0.15, 0.2) is 0 Å². The summed E-state index contributed by atoms with van der Waals surface area (Å²) in [6, 6.07) is 0. The fourth-order valence-electron chi connectivity index (χ4n) is 5.12. The van der Waals surface area contributed by atoms with Crippen LogP contribution in [-0.2, 0) is 19.2 Å². The molecule has 4 heteroatoms. The van der Waals surface area contributed by atoms with Crippen molar-refractivity contribution in [2.75, 3.05) is 6.61 Å². The Labute approximate surface area is 121 Å². The molecule has 20 heavy (non-hydrogen) atoms. The average molecular weight is 282 g/mol. The minimum Gasteiger partial charge on any atom is -0.349 e. The average Bonchev–Trinajstić information content (AvgIpc) is 2.65. The number of rotatable bonds is 0. The Bertz CT molecular complexity index is 427. The molecule has 0 aromatic carbocycles. The van der Waals surface area contributed by atoms with Crippen molar-refractivity contribution in [3.63, 3.8) is 0 Å². The third kappa shape index (κ3) is 1.41. The molecule has 5 fully saturated rings. The lowest BCUT2D eigenvalue weighted by molar-refractivity contribution is -0.576. The maximum atomic E-state index is 6.22. The van der Waals surface area contributed by atoms with Gasteiger partial charge in [-0.05, 0) is 43.9 Å². The minimum absolute atomic E-state index is 0.0682. The maximum absolute atomic E-state index is 6.22. The summed E-state index contributed by atoms with van der Waals surface area (Å²) in [5, 5.41) is 0. The van der Waals surface area contributed by atoms with E-state index in [4.69, 9.17) is 19.2 Å². The Kier molecular flexibility index (Phi) is 2.68. The third-order valence-corrected chi connectivity index (χ3v) is 6.81. The second-order valence-corrected chi connectivity index (χ2v) is 7.86. The molecule has 7 atom stereocenters. The van der Waals surface area contributed by atoms with Gasteiger partial charge in [-0.3, -0.25) is 0 Å². The van der Waals surface area contributed by atoms with Crippen LogP contribution in [0.3, 0.4) is 0 Å². The van der Waals surface area contributed by atoms with Gasteiger partial charge in [0, 0.05) is 11.8 Å². The minimum atomic E-state index is -0.644. The lowest BCUT2D eigenvalue weighted by Crippen LogP contribution is -2.73. The van der Waals surface area contributed by atoms with E-state index in [1.54, 1.807) is 0 Å². The number of ether oxygens (including phenoxy) is 2. The Balaban J connectivity index is 1.87. The predicted octanol–water partition coefficient (Wildman–Crippen LogP) is 3.26. The number of hydrogen-bond acceptors (Lipinski definition) is 4. The molecule has 0 aromatic heterocycles. The molecule has 0 amide bonds. The fourth-order valence-corrected chi connectivity index (χ4v) is 5.12. The molecule has 7 unspecified atom stereocenters. The van der Waals surface area contributed by atoms with Gasteiger partial charge in [-0.2, -0.15) is 0 Å². The van der Waals surface area contributed by atoms with E-state index < -0.39 is 11.4 Å². The Hall–Kier alpha value is -0.160. The van der Waals surface area contributed by atoms with Gasteiger partial charge in [0.05, 0.1) is 6.61 Å². The van der Waals surface area contributed by atoms with E-state index in [0.717, 1.165) is 25.9 Å². The molecule has 4 heterocycles. The van der Waals surface area contributed by atoms with Gasteiger partial charge in [-0.25, -0.2) is 9.78 Å². The molecule has 4 aliphatic heterocycles. The lowest BCUT2D eigenvalue weighted by Gasteiger charge is -2.64. The zero-order valence-corrected chi connectivity index (χ0v) is 13.0. The van der Waals surface area contributed by atoms with Gasteiger partial charge in [0.1, 0.15) is 0 Å². The highest BCUT2D eigenvalue weighted by molar-refractivity contribution is 5.14. The molecule has 1 spiro atoms. The molecule has 0 radical (unpaired) electrons. The molecule has 1 aliphatic carbocycles. The summed E-state index contributed by atoms with van der Waals surface area (Å²) in [5.41, 5.74) is -0.364. The van der Waals surface area contributed by atoms with Crippen molar-refractivity contribution < 1.29 is 19.2 Å². The fraction of sp³-hybridized carbons (Fsp3) is 1.00.